The Morgan fingerprint density at radius 2 is 2.33 bits per heavy atom. The second kappa shape index (κ2) is 5.88. The summed E-state index contributed by atoms with van der Waals surface area (Å²) >= 11 is 0. The molecule has 1 aliphatic heterocycles. The van der Waals surface area contributed by atoms with Crippen LogP contribution in [0.25, 0.3) is 0 Å². The molecule has 2 aromatic rings. The van der Waals surface area contributed by atoms with E-state index >= 15 is 0 Å². The fourth-order valence-corrected chi connectivity index (χ4v) is 2.07. The van der Waals surface area contributed by atoms with Crippen molar-refractivity contribution >= 4 is 11.7 Å². The largest absolute Gasteiger partial charge is 0.384 e. The molecule has 0 saturated carbocycles. The van der Waals surface area contributed by atoms with Crippen molar-refractivity contribution in [1.29, 1.82) is 0 Å². The second-order valence-electron chi connectivity index (χ2n) is 4.68. The molecular weight excluding hydrogens is 274 g/mol. The van der Waals surface area contributed by atoms with Gasteiger partial charge in [-0.25, -0.2) is 4.98 Å². The van der Waals surface area contributed by atoms with Crippen LogP contribution in [0, 0.1) is 0 Å². The number of rotatable bonds is 4. The first kappa shape index (κ1) is 13.5. The number of carbonyl (C=O) groups excluding carboxylic acids is 1. The van der Waals surface area contributed by atoms with E-state index in [1.54, 1.807) is 18.2 Å². The predicted octanol–water partition coefficient (Wildman–Crippen LogP) is 0.828. The first-order valence-electron chi connectivity index (χ1n) is 6.67. The van der Waals surface area contributed by atoms with Crippen molar-refractivity contribution < 1.29 is 14.1 Å². The quantitative estimate of drug-likeness (QED) is 0.856. The Labute approximate surface area is 120 Å². The normalized spacial score (nSPS) is 17.8. The minimum Gasteiger partial charge on any atom is -0.384 e. The van der Waals surface area contributed by atoms with Crippen molar-refractivity contribution in [3.05, 3.63) is 35.6 Å². The highest BCUT2D eigenvalue weighted by atomic mass is 16.5. The first-order valence-corrected chi connectivity index (χ1v) is 6.67. The molecule has 1 saturated heterocycles. The zero-order chi connectivity index (χ0) is 14.7. The second-order valence-corrected chi connectivity index (χ2v) is 4.68. The maximum atomic E-state index is 11.9. The average molecular weight is 289 g/mol. The van der Waals surface area contributed by atoms with Crippen molar-refractivity contribution in [3.8, 4) is 0 Å². The summed E-state index contributed by atoms with van der Waals surface area (Å²) in [6, 6.07) is 4.87. The Morgan fingerprint density at radius 1 is 1.43 bits per heavy atom. The van der Waals surface area contributed by atoms with E-state index in [1.165, 1.54) is 0 Å². The van der Waals surface area contributed by atoms with Crippen LogP contribution in [0.5, 0.6) is 0 Å². The van der Waals surface area contributed by atoms with Gasteiger partial charge in [0.1, 0.15) is 17.6 Å². The highest BCUT2D eigenvalue weighted by molar-refractivity contribution is 5.92. The van der Waals surface area contributed by atoms with Crippen LogP contribution in [0.15, 0.2) is 22.7 Å². The maximum Gasteiger partial charge on any atom is 0.270 e. The summed E-state index contributed by atoms with van der Waals surface area (Å²) in [5.74, 6) is 0.810. The van der Waals surface area contributed by atoms with Gasteiger partial charge in [0.25, 0.3) is 11.8 Å². The number of nitrogens with two attached hydrogens (primary N) is 1. The van der Waals surface area contributed by atoms with E-state index in [-0.39, 0.29) is 24.2 Å². The topological polar surface area (TPSA) is 116 Å². The van der Waals surface area contributed by atoms with Crippen molar-refractivity contribution in [2.75, 3.05) is 12.3 Å². The molecule has 1 atom stereocenters. The summed E-state index contributed by atoms with van der Waals surface area (Å²) < 4.78 is 10.6. The Bertz CT molecular complexity index is 636. The van der Waals surface area contributed by atoms with Crippen LogP contribution in [0.3, 0.4) is 0 Å². The van der Waals surface area contributed by atoms with Crippen molar-refractivity contribution in [2.45, 2.75) is 25.5 Å². The molecule has 21 heavy (non-hydrogen) atoms. The number of amides is 1. The van der Waals surface area contributed by atoms with Gasteiger partial charge in [-0.2, -0.15) is 4.98 Å². The summed E-state index contributed by atoms with van der Waals surface area (Å²) in [6.45, 7) is 0.867. The van der Waals surface area contributed by atoms with Gasteiger partial charge in [0.05, 0.1) is 6.54 Å². The standard InChI is InChI=1S/C13H15N5O3/c14-10-5-1-3-8(16-10)12(19)15-7-11-17-13(21-18-11)9-4-2-6-20-9/h1,3,5,9H,2,4,6-7H2,(H2,14,16)(H,15,19)/t9-/m1/s1. The van der Waals surface area contributed by atoms with Crippen LogP contribution in [0.4, 0.5) is 5.82 Å². The number of pyridine rings is 1. The minimum absolute atomic E-state index is 0.127. The lowest BCUT2D eigenvalue weighted by atomic mass is 10.2. The van der Waals surface area contributed by atoms with E-state index < -0.39 is 0 Å². The van der Waals surface area contributed by atoms with Crippen LogP contribution < -0.4 is 11.1 Å². The van der Waals surface area contributed by atoms with Gasteiger partial charge < -0.3 is 20.3 Å². The van der Waals surface area contributed by atoms with Crippen molar-refractivity contribution in [2.24, 2.45) is 0 Å². The van der Waals surface area contributed by atoms with E-state index in [4.69, 9.17) is 15.0 Å². The number of nitrogens with zero attached hydrogens (tertiary/aromatic N) is 3. The molecule has 1 amide bonds. The molecule has 8 nitrogen and oxygen atoms in total. The van der Waals surface area contributed by atoms with E-state index in [1.807, 2.05) is 0 Å². The molecule has 1 aliphatic rings. The van der Waals surface area contributed by atoms with Gasteiger partial charge in [-0.1, -0.05) is 11.2 Å². The molecule has 2 aromatic heterocycles. The number of aromatic nitrogens is 3. The zero-order valence-electron chi connectivity index (χ0n) is 11.3. The van der Waals surface area contributed by atoms with Crippen LogP contribution in [-0.2, 0) is 11.3 Å². The Kier molecular flexibility index (Phi) is 3.78. The van der Waals surface area contributed by atoms with Gasteiger partial charge >= 0.3 is 0 Å². The fourth-order valence-electron chi connectivity index (χ4n) is 2.07. The molecular formula is C13H15N5O3. The lowest BCUT2D eigenvalue weighted by Crippen LogP contribution is -2.24. The molecule has 3 heterocycles. The zero-order valence-corrected chi connectivity index (χ0v) is 11.3. The third-order valence-corrected chi connectivity index (χ3v) is 3.10. The SMILES string of the molecule is Nc1cccc(C(=O)NCc2noc([C@H]3CCCO3)n2)n1. The van der Waals surface area contributed by atoms with Crippen LogP contribution in [0.2, 0.25) is 0 Å². The number of anilines is 1. The summed E-state index contributed by atoms with van der Waals surface area (Å²) in [6.07, 6.45) is 1.74. The molecule has 110 valence electrons. The fraction of sp³-hybridized carbons (Fsp3) is 0.385. The first-order chi connectivity index (χ1) is 10.2. The third kappa shape index (κ3) is 3.16. The number of nitrogen functional groups attached to an aromatic ring is 1. The van der Waals surface area contributed by atoms with E-state index in [2.05, 4.69) is 20.4 Å². The highest BCUT2D eigenvalue weighted by Gasteiger charge is 2.23. The molecule has 0 unspecified atom stereocenters. The highest BCUT2D eigenvalue weighted by Crippen LogP contribution is 2.26. The smallest absolute Gasteiger partial charge is 0.270 e. The van der Waals surface area contributed by atoms with Crippen LogP contribution in [0.1, 0.15) is 41.1 Å². The molecule has 0 bridgehead atoms. The van der Waals surface area contributed by atoms with Gasteiger partial charge in [-0.3, -0.25) is 4.79 Å². The van der Waals surface area contributed by atoms with E-state index in [9.17, 15) is 4.79 Å². The number of hydrogen-bond donors (Lipinski definition) is 2. The third-order valence-electron chi connectivity index (χ3n) is 3.10. The summed E-state index contributed by atoms with van der Waals surface area (Å²) in [5, 5.41) is 6.48. The number of carbonyl (C=O) groups is 1. The molecule has 0 spiro atoms. The van der Waals surface area contributed by atoms with Gasteiger partial charge in [0.2, 0.25) is 0 Å². The average Bonchev–Trinajstić information content (AvgIpc) is 3.15. The van der Waals surface area contributed by atoms with Crippen LogP contribution in [-0.4, -0.2) is 27.6 Å². The Morgan fingerprint density at radius 3 is 3.10 bits per heavy atom. The van der Waals surface area contributed by atoms with Gasteiger partial charge in [0, 0.05) is 6.61 Å². The number of hydrogen-bond acceptors (Lipinski definition) is 7. The van der Waals surface area contributed by atoms with Gasteiger partial charge in [-0.15, -0.1) is 0 Å². The molecule has 0 aliphatic carbocycles. The van der Waals surface area contributed by atoms with Crippen LogP contribution >= 0.6 is 0 Å². The molecule has 0 aromatic carbocycles. The van der Waals surface area contributed by atoms with E-state index in [0.717, 1.165) is 12.8 Å². The molecule has 0 radical (unpaired) electrons. The monoisotopic (exact) mass is 289 g/mol. The lowest BCUT2D eigenvalue weighted by molar-refractivity contribution is 0.0835. The minimum atomic E-state index is -0.342. The Balaban J connectivity index is 1.58. The predicted molar refractivity (Wildman–Crippen MR) is 72.0 cm³/mol. The molecule has 3 N–H and O–H groups in total. The molecule has 3 rings (SSSR count). The lowest BCUT2D eigenvalue weighted by Gasteiger charge is -2.02. The van der Waals surface area contributed by atoms with Gasteiger partial charge in [-0.05, 0) is 25.0 Å². The maximum absolute atomic E-state index is 11.9. The van der Waals surface area contributed by atoms with E-state index in [0.29, 0.717) is 24.1 Å². The summed E-state index contributed by atoms with van der Waals surface area (Å²) in [5.41, 5.74) is 5.78. The number of ether oxygens (including phenoxy) is 1. The van der Waals surface area contributed by atoms with Gasteiger partial charge in [0.15, 0.2) is 5.82 Å². The van der Waals surface area contributed by atoms with Crippen molar-refractivity contribution in [3.63, 3.8) is 0 Å². The summed E-state index contributed by atoms with van der Waals surface area (Å²) in [7, 11) is 0. The molecule has 1 fully saturated rings. The molecule has 8 heteroatoms. The number of nitrogens with one attached hydrogen (secondary N) is 1. The summed E-state index contributed by atoms with van der Waals surface area (Å²) in [4.78, 5) is 20.0. The Hall–Kier alpha value is -2.48. The van der Waals surface area contributed by atoms with Crippen molar-refractivity contribution in [1.82, 2.24) is 20.4 Å².